The van der Waals surface area contributed by atoms with Crippen LogP contribution in [-0.4, -0.2) is 23.5 Å². The predicted molar refractivity (Wildman–Crippen MR) is 82.5 cm³/mol. The third kappa shape index (κ3) is 2.45. The lowest BCUT2D eigenvalue weighted by Crippen LogP contribution is -2.28. The van der Waals surface area contributed by atoms with Crippen molar-refractivity contribution in [3.8, 4) is 0 Å². The number of aromatic carboxylic acids is 1. The van der Waals surface area contributed by atoms with Crippen LogP contribution in [0.3, 0.4) is 0 Å². The van der Waals surface area contributed by atoms with E-state index in [0.717, 1.165) is 24.1 Å². The summed E-state index contributed by atoms with van der Waals surface area (Å²) in [4.78, 5) is 27.3. The second kappa shape index (κ2) is 5.33. The largest absolute Gasteiger partial charge is 0.478 e. The number of carboxylic acid groups (broad SMARTS) is 1. The van der Waals surface area contributed by atoms with Crippen molar-refractivity contribution in [3.63, 3.8) is 0 Å². The van der Waals surface area contributed by atoms with Gasteiger partial charge < -0.3 is 10.0 Å². The van der Waals surface area contributed by atoms with Gasteiger partial charge in [0.2, 0.25) is 0 Å². The van der Waals surface area contributed by atoms with Crippen LogP contribution in [0.15, 0.2) is 30.3 Å². The standard InChI is InChI=1S/C16H15NO3S/c1-2-12-5-6-14(21-12)15(18)17-8-7-10-3-4-11(16(19)20)9-13(10)17/h3-6,9H,2,7-8H2,1H3,(H,19,20). The van der Waals surface area contributed by atoms with E-state index in [1.54, 1.807) is 23.1 Å². The van der Waals surface area contributed by atoms with Gasteiger partial charge in [0.1, 0.15) is 0 Å². The molecule has 0 unspecified atom stereocenters. The molecule has 0 saturated carbocycles. The summed E-state index contributed by atoms with van der Waals surface area (Å²) in [6.45, 7) is 2.67. The Bertz CT molecular complexity index is 720. The quantitative estimate of drug-likeness (QED) is 0.947. The van der Waals surface area contributed by atoms with E-state index in [1.807, 2.05) is 12.1 Å². The third-order valence-corrected chi connectivity index (χ3v) is 4.91. The summed E-state index contributed by atoms with van der Waals surface area (Å²) in [5, 5.41) is 9.09. The SMILES string of the molecule is CCc1ccc(C(=O)N2CCc3ccc(C(=O)O)cc32)s1. The Labute approximate surface area is 126 Å². The van der Waals surface area contributed by atoms with Crippen molar-refractivity contribution < 1.29 is 14.7 Å². The normalized spacial score (nSPS) is 13.3. The number of anilines is 1. The predicted octanol–water partition coefficient (Wildman–Crippen LogP) is 3.21. The topological polar surface area (TPSA) is 57.6 Å². The number of benzene rings is 1. The van der Waals surface area contributed by atoms with Gasteiger partial charge in [-0.1, -0.05) is 13.0 Å². The number of nitrogens with zero attached hydrogens (tertiary/aromatic N) is 1. The molecule has 1 aromatic carbocycles. The highest BCUT2D eigenvalue weighted by Crippen LogP contribution is 2.31. The van der Waals surface area contributed by atoms with E-state index in [0.29, 0.717) is 11.4 Å². The minimum Gasteiger partial charge on any atom is -0.478 e. The Kier molecular flexibility index (Phi) is 3.51. The monoisotopic (exact) mass is 301 g/mol. The first-order chi connectivity index (χ1) is 10.1. The minimum atomic E-state index is -0.971. The van der Waals surface area contributed by atoms with Gasteiger partial charge in [0.15, 0.2) is 0 Å². The van der Waals surface area contributed by atoms with Gasteiger partial charge in [0.05, 0.1) is 10.4 Å². The van der Waals surface area contributed by atoms with Crippen LogP contribution < -0.4 is 4.90 Å². The molecule has 108 valence electrons. The van der Waals surface area contributed by atoms with E-state index in [2.05, 4.69) is 6.92 Å². The number of fused-ring (bicyclic) bond motifs is 1. The number of aryl methyl sites for hydroxylation is 1. The van der Waals surface area contributed by atoms with Crippen LogP contribution in [0.1, 0.15) is 37.4 Å². The molecule has 0 radical (unpaired) electrons. The molecule has 0 aliphatic carbocycles. The maximum atomic E-state index is 12.6. The van der Waals surface area contributed by atoms with Crippen LogP contribution in [0.25, 0.3) is 0 Å². The highest BCUT2D eigenvalue weighted by atomic mass is 32.1. The number of hydrogen-bond acceptors (Lipinski definition) is 3. The molecule has 21 heavy (non-hydrogen) atoms. The summed E-state index contributed by atoms with van der Waals surface area (Å²) < 4.78 is 0. The van der Waals surface area contributed by atoms with Gasteiger partial charge in [0, 0.05) is 17.1 Å². The molecule has 0 bridgehead atoms. The summed E-state index contributed by atoms with van der Waals surface area (Å²) in [5.74, 6) is -1.01. The van der Waals surface area contributed by atoms with E-state index in [-0.39, 0.29) is 11.5 Å². The summed E-state index contributed by atoms with van der Waals surface area (Å²) >= 11 is 1.51. The average molecular weight is 301 g/mol. The molecule has 1 aromatic heterocycles. The zero-order chi connectivity index (χ0) is 15.0. The van der Waals surface area contributed by atoms with Gasteiger partial charge in [-0.2, -0.15) is 0 Å². The molecule has 1 amide bonds. The molecule has 1 aliphatic rings. The molecule has 0 saturated heterocycles. The average Bonchev–Trinajstić information content (AvgIpc) is 3.12. The van der Waals surface area contributed by atoms with Gasteiger partial charge in [-0.15, -0.1) is 11.3 Å². The molecular formula is C16H15NO3S. The van der Waals surface area contributed by atoms with E-state index in [4.69, 9.17) is 5.11 Å². The first-order valence-electron chi connectivity index (χ1n) is 6.87. The van der Waals surface area contributed by atoms with Gasteiger partial charge in [-0.25, -0.2) is 4.79 Å². The zero-order valence-electron chi connectivity index (χ0n) is 11.6. The van der Waals surface area contributed by atoms with Gasteiger partial charge in [0.25, 0.3) is 5.91 Å². The van der Waals surface area contributed by atoms with E-state index >= 15 is 0 Å². The van der Waals surface area contributed by atoms with Gasteiger partial charge in [-0.05, 0) is 42.7 Å². The summed E-state index contributed by atoms with van der Waals surface area (Å²) in [7, 11) is 0. The number of rotatable bonds is 3. The molecule has 2 heterocycles. The fourth-order valence-corrected chi connectivity index (χ4v) is 3.44. The lowest BCUT2D eigenvalue weighted by molar-refractivity contribution is 0.0696. The van der Waals surface area contributed by atoms with E-state index in [9.17, 15) is 9.59 Å². The third-order valence-electron chi connectivity index (χ3n) is 3.69. The van der Waals surface area contributed by atoms with Crippen LogP contribution in [0.2, 0.25) is 0 Å². The Morgan fingerprint density at radius 1 is 1.29 bits per heavy atom. The minimum absolute atomic E-state index is 0.0408. The molecule has 0 spiro atoms. The van der Waals surface area contributed by atoms with E-state index in [1.165, 1.54) is 16.2 Å². The fraction of sp³-hybridized carbons (Fsp3) is 0.250. The molecule has 4 nitrogen and oxygen atoms in total. The summed E-state index contributed by atoms with van der Waals surface area (Å²) in [6.07, 6.45) is 1.69. The molecule has 2 aromatic rings. The van der Waals surface area contributed by atoms with Crippen molar-refractivity contribution in [1.82, 2.24) is 0 Å². The van der Waals surface area contributed by atoms with Crippen LogP contribution in [0.4, 0.5) is 5.69 Å². The van der Waals surface area contributed by atoms with Gasteiger partial charge >= 0.3 is 5.97 Å². The highest BCUT2D eigenvalue weighted by molar-refractivity contribution is 7.14. The van der Waals surface area contributed by atoms with E-state index < -0.39 is 5.97 Å². The maximum Gasteiger partial charge on any atom is 0.335 e. The number of carbonyl (C=O) groups is 2. The fourth-order valence-electron chi connectivity index (χ4n) is 2.54. The Morgan fingerprint density at radius 3 is 2.76 bits per heavy atom. The van der Waals surface area contributed by atoms with Crippen LogP contribution >= 0.6 is 11.3 Å². The lowest BCUT2D eigenvalue weighted by Gasteiger charge is -2.16. The zero-order valence-corrected chi connectivity index (χ0v) is 12.4. The highest BCUT2D eigenvalue weighted by Gasteiger charge is 2.27. The Hall–Kier alpha value is -2.14. The number of amides is 1. The number of hydrogen-bond donors (Lipinski definition) is 1. The lowest BCUT2D eigenvalue weighted by atomic mass is 10.1. The first-order valence-corrected chi connectivity index (χ1v) is 7.68. The number of thiophene rings is 1. The van der Waals surface area contributed by atoms with Gasteiger partial charge in [-0.3, -0.25) is 4.79 Å². The van der Waals surface area contributed by atoms with Crippen molar-refractivity contribution in [1.29, 1.82) is 0 Å². The molecule has 0 fully saturated rings. The number of carboxylic acids is 1. The molecular weight excluding hydrogens is 286 g/mol. The molecule has 1 N–H and O–H groups in total. The maximum absolute atomic E-state index is 12.6. The molecule has 3 rings (SSSR count). The second-order valence-electron chi connectivity index (χ2n) is 4.97. The summed E-state index contributed by atoms with van der Waals surface area (Å²) in [6, 6.07) is 8.82. The van der Waals surface area contributed by atoms with Crippen LogP contribution in [0, 0.1) is 0 Å². The van der Waals surface area contributed by atoms with Crippen molar-refractivity contribution in [2.45, 2.75) is 19.8 Å². The van der Waals surface area contributed by atoms with Crippen molar-refractivity contribution >= 4 is 28.9 Å². The Morgan fingerprint density at radius 2 is 2.10 bits per heavy atom. The van der Waals surface area contributed by atoms with Crippen LogP contribution in [-0.2, 0) is 12.8 Å². The Balaban J connectivity index is 1.94. The smallest absolute Gasteiger partial charge is 0.335 e. The molecule has 0 atom stereocenters. The summed E-state index contributed by atoms with van der Waals surface area (Å²) in [5.41, 5.74) is 1.97. The van der Waals surface area contributed by atoms with Crippen molar-refractivity contribution in [2.75, 3.05) is 11.4 Å². The molecule has 1 aliphatic heterocycles. The van der Waals surface area contributed by atoms with Crippen molar-refractivity contribution in [3.05, 3.63) is 51.2 Å². The molecule has 5 heteroatoms. The van der Waals surface area contributed by atoms with Crippen LogP contribution in [0.5, 0.6) is 0 Å². The number of carbonyl (C=O) groups excluding carboxylic acids is 1. The van der Waals surface area contributed by atoms with Crippen molar-refractivity contribution in [2.24, 2.45) is 0 Å². The first kappa shape index (κ1) is 13.8. The second-order valence-corrected chi connectivity index (χ2v) is 6.14.